The van der Waals surface area contributed by atoms with Crippen LogP contribution in [0, 0.1) is 5.82 Å². The minimum atomic E-state index is -0.330. The first-order chi connectivity index (χ1) is 13.8. The average molecular weight is 407 g/mol. The minimum absolute atomic E-state index is 0.0765. The summed E-state index contributed by atoms with van der Waals surface area (Å²) in [6.45, 7) is 6.52. The fourth-order valence-corrected chi connectivity index (χ4v) is 3.34. The van der Waals surface area contributed by atoms with Crippen molar-refractivity contribution in [2.24, 2.45) is 0 Å². The number of aromatic nitrogens is 3. The molecule has 146 valence electrons. The summed E-state index contributed by atoms with van der Waals surface area (Å²) in [4.78, 5) is 12.7. The zero-order chi connectivity index (χ0) is 20.6. The van der Waals surface area contributed by atoms with Gasteiger partial charge in [0.15, 0.2) is 0 Å². The third-order valence-electron chi connectivity index (χ3n) is 4.77. The summed E-state index contributed by atoms with van der Waals surface area (Å²) in [7, 11) is 0. The Kier molecular flexibility index (Phi) is 4.92. The highest BCUT2D eigenvalue weighted by Crippen LogP contribution is 2.33. The molecule has 2 heterocycles. The van der Waals surface area contributed by atoms with Crippen LogP contribution in [-0.2, 0) is 5.41 Å². The third-order valence-corrected chi connectivity index (χ3v) is 4.95. The van der Waals surface area contributed by atoms with Gasteiger partial charge in [0.2, 0.25) is 5.28 Å². The molecule has 2 aromatic carbocycles. The van der Waals surface area contributed by atoms with Gasteiger partial charge in [-0.15, -0.1) is 0 Å². The molecule has 0 unspecified atom stereocenters. The molecular formula is C23H20ClFN4. The van der Waals surface area contributed by atoms with Crippen LogP contribution in [0.15, 0.2) is 60.9 Å². The molecule has 29 heavy (non-hydrogen) atoms. The second kappa shape index (κ2) is 7.41. The monoisotopic (exact) mass is 406 g/mol. The lowest BCUT2D eigenvalue weighted by molar-refractivity contribution is 0.590. The van der Waals surface area contributed by atoms with Gasteiger partial charge in [0.1, 0.15) is 11.6 Å². The fourth-order valence-electron chi connectivity index (χ4n) is 3.19. The molecule has 0 spiro atoms. The van der Waals surface area contributed by atoms with E-state index >= 15 is 0 Å². The van der Waals surface area contributed by atoms with E-state index in [1.165, 1.54) is 17.7 Å². The summed E-state index contributed by atoms with van der Waals surface area (Å²) in [5.74, 6) is 0.246. The van der Waals surface area contributed by atoms with E-state index in [-0.39, 0.29) is 16.5 Å². The lowest BCUT2D eigenvalue weighted by atomic mass is 9.87. The van der Waals surface area contributed by atoms with Crippen LogP contribution in [-0.4, -0.2) is 15.0 Å². The van der Waals surface area contributed by atoms with Gasteiger partial charge in [0.05, 0.1) is 5.69 Å². The van der Waals surface area contributed by atoms with Crippen LogP contribution in [0.4, 0.5) is 15.9 Å². The second-order valence-electron chi connectivity index (χ2n) is 7.87. The predicted molar refractivity (Wildman–Crippen MR) is 116 cm³/mol. The van der Waals surface area contributed by atoms with E-state index in [4.69, 9.17) is 11.6 Å². The Labute approximate surface area is 173 Å². The fraction of sp³-hybridized carbons (Fsp3) is 0.174. The Morgan fingerprint density at radius 3 is 2.38 bits per heavy atom. The average Bonchev–Trinajstić information content (AvgIpc) is 2.68. The molecule has 0 bridgehead atoms. The number of halogens is 2. The van der Waals surface area contributed by atoms with Gasteiger partial charge < -0.3 is 5.32 Å². The van der Waals surface area contributed by atoms with Crippen LogP contribution in [0.5, 0.6) is 0 Å². The molecular weight excluding hydrogens is 387 g/mol. The van der Waals surface area contributed by atoms with Crippen LogP contribution < -0.4 is 5.32 Å². The number of nitrogens with one attached hydrogen (secondary N) is 1. The van der Waals surface area contributed by atoms with E-state index < -0.39 is 0 Å². The molecule has 0 saturated heterocycles. The first kappa shape index (κ1) is 19.3. The Bertz CT molecular complexity index is 1180. The molecule has 0 fully saturated rings. The number of hydrogen-bond acceptors (Lipinski definition) is 4. The normalized spacial score (nSPS) is 11.6. The van der Waals surface area contributed by atoms with Gasteiger partial charge in [-0.25, -0.2) is 19.3 Å². The van der Waals surface area contributed by atoms with Gasteiger partial charge in [-0.1, -0.05) is 39.0 Å². The van der Waals surface area contributed by atoms with Gasteiger partial charge in [0.25, 0.3) is 0 Å². The van der Waals surface area contributed by atoms with E-state index in [0.29, 0.717) is 16.9 Å². The zero-order valence-electron chi connectivity index (χ0n) is 16.4. The highest BCUT2D eigenvalue weighted by Gasteiger charge is 2.14. The van der Waals surface area contributed by atoms with Crippen LogP contribution in [0.25, 0.3) is 22.0 Å². The molecule has 4 rings (SSSR count). The summed E-state index contributed by atoms with van der Waals surface area (Å²) in [6.07, 6.45) is 3.30. The van der Waals surface area contributed by atoms with Crippen molar-refractivity contribution in [3.05, 3.63) is 77.6 Å². The lowest BCUT2D eigenvalue weighted by Gasteiger charge is -2.19. The number of nitrogens with zero attached hydrogens (tertiary/aromatic N) is 3. The highest BCUT2D eigenvalue weighted by molar-refractivity contribution is 6.28. The first-order valence-electron chi connectivity index (χ1n) is 9.26. The van der Waals surface area contributed by atoms with Crippen LogP contribution in [0.1, 0.15) is 26.3 Å². The third kappa shape index (κ3) is 4.05. The highest BCUT2D eigenvalue weighted by atomic mass is 35.5. The maximum atomic E-state index is 14.0. The molecule has 0 radical (unpaired) electrons. The van der Waals surface area contributed by atoms with Gasteiger partial charge in [0, 0.05) is 29.0 Å². The summed E-state index contributed by atoms with van der Waals surface area (Å²) in [6, 6.07) is 14.6. The molecule has 0 amide bonds. The van der Waals surface area contributed by atoms with Crippen molar-refractivity contribution in [1.82, 2.24) is 15.0 Å². The van der Waals surface area contributed by atoms with E-state index in [1.807, 2.05) is 12.1 Å². The van der Waals surface area contributed by atoms with Crippen molar-refractivity contribution in [3.63, 3.8) is 0 Å². The molecule has 2 aromatic heterocycles. The number of anilines is 2. The lowest BCUT2D eigenvalue weighted by Crippen LogP contribution is -2.10. The molecule has 6 heteroatoms. The van der Waals surface area contributed by atoms with Crippen LogP contribution >= 0.6 is 11.6 Å². The largest absolute Gasteiger partial charge is 0.340 e. The molecule has 1 N–H and O–H groups in total. The van der Waals surface area contributed by atoms with Crippen molar-refractivity contribution < 1.29 is 4.39 Å². The molecule has 0 aliphatic heterocycles. The maximum absolute atomic E-state index is 14.0. The van der Waals surface area contributed by atoms with Gasteiger partial charge in [-0.2, -0.15) is 0 Å². The summed E-state index contributed by atoms with van der Waals surface area (Å²) >= 11 is 5.94. The van der Waals surface area contributed by atoms with Crippen LogP contribution in [0.2, 0.25) is 5.28 Å². The maximum Gasteiger partial charge on any atom is 0.222 e. The summed E-state index contributed by atoms with van der Waals surface area (Å²) < 4.78 is 14.0. The van der Waals surface area contributed by atoms with Crippen molar-refractivity contribution >= 4 is 33.9 Å². The van der Waals surface area contributed by atoms with Gasteiger partial charge in [-0.05, 0) is 58.3 Å². The Hall–Kier alpha value is -3.05. The SMILES string of the molecule is CC(C)(C)c1ccc(Nc2ncc(-c3ccnc(Cl)n3)c3ccc(F)cc23)cc1. The number of pyridine rings is 1. The van der Waals surface area contributed by atoms with E-state index in [1.54, 1.807) is 24.5 Å². The molecule has 0 aliphatic rings. The standard InChI is InChI=1S/C23H20ClFN4/c1-23(2,3)14-4-7-16(8-5-14)28-21-18-12-15(25)6-9-17(18)19(13-27-21)20-10-11-26-22(24)29-20/h4-13H,1-3H3,(H,27,28). The van der Waals surface area contributed by atoms with Crippen molar-refractivity contribution in [3.8, 4) is 11.3 Å². The second-order valence-corrected chi connectivity index (χ2v) is 8.21. The molecule has 0 atom stereocenters. The Morgan fingerprint density at radius 2 is 1.69 bits per heavy atom. The summed E-state index contributed by atoms with van der Waals surface area (Å²) in [5.41, 5.74) is 3.59. The molecule has 0 aliphatic carbocycles. The van der Waals surface area contributed by atoms with Crippen molar-refractivity contribution in [2.45, 2.75) is 26.2 Å². The van der Waals surface area contributed by atoms with E-state index in [2.05, 4.69) is 53.2 Å². The number of hydrogen-bond donors (Lipinski definition) is 1. The van der Waals surface area contributed by atoms with Crippen molar-refractivity contribution in [2.75, 3.05) is 5.32 Å². The van der Waals surface area contributed by atoms with Gasteiger partial charge >= 0.3 is 0 Å². The van der Waals surface area contributed by atoms with Crippen molar-refractivity contribution in [1.29, 1.82) is 0 Å². The van der Waals surface area contributed by atoms with E-state index in [9.17, 15) is 4.39 Å². The van der Waals surface area contributed by atoms with Gasteiger partial charge in [-0.3, -0.25) is 0 Å². The quantitative estimate of drug-likeness (QED) is 0.393. The topological polar surface area (TPSA) is 50.7 Å². The summed E-state index contributed by atoms with van der Waals surface area (Å²) in [5, 5.41) is 4.95. The Balaban J connectivity index is 1.78. The zero-order valence-corrected chi connectivity index (χ0v) is 17.1. The number of benzene rings is 2. The number of rotatable bonds is 3. The first-order valence-corrected chi connectivity index (χ1v) is 9.64. The molecule has 4 nitrogen and oxygen atoms in total. The molecule has 0 saturated carbocycles. The van der Waals surface area contributed by atoms with E-state index in [0.717, 1.165) is 16.6 Å². The minimum Gasteiger partial charge on any atom is -0.340 e. The van der Waals surface area contributed by atoms with Crippen LogP contribution in [0.3, 0.4) is 0 Å². The predicted octanol–water partition coefficient (Wildman–Crippen LogP) is 6.53. The number of fused-ring (bicyclic) bond motifs is 1. The molecule has 4 aromatic rings. The Morgan fingerprint density at radius 1 is 0.931 bits per heavy atom. The smallest absolute Gasteiger partial charge is 0.222 e.